The third kappa shape index (κ3) is 5.52. The van der Waals surface area contributed by atoms with Crippen LogP contribution in [0.5, 0.6) is 23.0 Å². The lowest BCUT2D eigenvalue weighted by Gasteiger charge is -2.22. The van der Waals surface area contributed by atoms with Gasteiger partial charge in [-0.25, -0.2) is 0 Å². The highest BCUT2D eigenvalue weighted by Crippen LogP contribution is 2.49. The van der Waals surface area contributed by atoms with Gasteiger partial charge in [0.2, 0.25) is 11.5 Å². The summed E-state index contributed by atoms with van der Waals surface area (Å²) >= 11 is 0. The van der Waals surface area contributed by atoms with Crippen LogP contribution < -0.4 is 18.9 Å². The van der Waals surface area contributed by atoms with Crippen molar-refractivity contribution in [1.82, 2.24) is 0 Å². The molecule has 1 aromatic carbocycles. The Morgan fingerprint density at radius 1 is 0.923 bits per heavy atom. The summed E-state index contributed by atoms with van der Waals surface area (Å²) in [5, 5.41) is 9.26. The summed E-state index contributed by atoms with van der Waals surface area (Å²) in [6.07, 6.45) is 2.48. The molecule has 0 heterocycles. The highest BCUT2D eigenvalue weighted by molar-refractivity contribution is 5.67. The Morgan fingerprint density at radius 2 is 1.54 bits per heavy atom. The minimum absolute atomic E-state index is 0.000207. The monoisotopic (exact) mass is 370 g/mol. The molecule has 0 aliphatic heterocycles. The van der Waals surface area contributed by atoms with Crippen molar-refractivity contribution < 1.29 is 33.5 Å². The zero-order chi connectivity index (χ0) is 19.5. The summed E-state index contributed by atoms with van der Waals surface area (Å²) in [4.78, 5) is 0. The lowest BCUT2D eigenvalue weighted by Crippen LogP contribution is -2.11. The first-order chi connectivity index (χ1) is 12.5. The molecule has 0 saturated carbocycles. The molecule has 0 spiro atoms. The maximum absolute atomic E-state index is 9.26. The van der Waals surface area contributed by atoms with Crippen LogP contribution in [0, 0.1) is 6.92 Å². The van der Waals surface area contributed by atoms with Gasteiger partial charge in [-0.3, -0.25) is 0 Å². The van der Waals surface area contributed by atoms with Gasteiger partial charge in [-0.05, 0) is 20.3 Å². The molecular formula is C19H30O7. The predicted octanol–water partition coefficient (Wildman–Crippen LogP) is 2.50. The van der Waals surface area contributed by atoms with E-state index in [-0.39, 0.29) is 13.4 Å². The van der Waals surface area contributed by atoms with E-state index in [1.807, 2.05) is 19.9 Å². The fourth-order valence-corrected chi connectivity index (χ4v) is 2.48. The van der Waals surface area contributed by atoms with Crippen LogP contribution in [-0.4, -0.2) is 60.2 Å². The number of rotatable bonds is 12. The van der Waals surface area contributed by atoms with Crippen LogP contribution in [0.1, 0.15) is 18.1 Å². The molecule has 0 aliphatic carbocycles. The molecular weight excluding hydrogens is 340 g/mol. The van der Waals surface area contributed by atoms with Crippen LogP contribution in [0.3, 0.4) is 0 Å². The van der Waals surface area contributed by atoms with E-state index in [4.69, 9.17) is 28.4 Å². The molecule has 1 rings (SSSR count). The van der Waals surface area contributed by atoms with Crippen LogP contribution in [0.4, 0.5) is 0 Å². The number of allylic oxidation sites excluding steroid dienone is 1. The number of hydrogen-bond acceptors (Lipinski definition) is 7. The van der Waals surface area contributed by atoms with Crippen molar-refractivity contribution in [3.63, 3.8) is 0 Å². The highest BCUT2D eigenvalue weighted by Gasteiger charge is 2.25. The van der Waals surface area contributed by atoms with Crippen molar-refractivity contribution in [2.24, 2.45) is 0 Å². The summed E-state index contributed by atoms with van der Waals surface area (Å²) < 4.78 is 32.8. The Morgan fingerprint density at radius 3 is 2.08 bits per heavy atom. The molecule has 0 aliphatic rings. The van der Waals surface area contributed by atoms with Gasteiger partial charge in [0.25, 0.3) is 0 Å². The standard InChI is InChI=1S/C19H30O7/c1-13(11-20)7-8-15-14(2)16(22-4)18(23-5)19(24-6)17(15)26-12-25-10-9-21-3/h7,20H,8-12H2,1-6H3/b13-7+. The number of aliphatic hydroxyl groups is 1. The lowest BCUT2D eigenvalue weighted by molar-refractivity contribution is -0.01000. The third-order valence-corrected chi connectivity index (χ3v) is 3.92. The summed E-state index contributed by atoms with van der Waals surface area (Å²) in [7, 11) is 6.29. The average molecular weight is 370 g/mol. The second-order valence-corrected chi connectivity index (χ2v) is 5.61. The van der Waals surface area contributed by atoms with Gasteiger partial charge in [0.05, 0.1) is 41.2 Å². The quantitative estimate of drug-likeness (QED) is 0.344. The first-order valence-corrected chi connectivity index (χ1v) is 8.32. The Kier molecular flexibility index (Phi) is 9.87. The van der Waals surface area contributed by atoms with E-state index in [2.05, 4.69) is 0 Å². The fraction of sp³-hybridized carbons (Fsp3) is 0.579. The maximum Gasteiger partial charge on any atom is 0.207 e. The highest BCUT2D eigenvalue weighted by atomic mass is 16.7. The van der Waals surface area contributed by atoms with Gasteiger partial charge in [-0.1, -0.05) is 11.6 Å². The topological polar surface area (TPSA) is 75.6 Å². The molecule has 0 radical (unpaired) electrons. The number of methoxy groups -OCH3 is 4. The molecule has 0 aromatic heterocycles. The van der Waals surface area contributed by atoms with E-state index in [0.29, 0.717) is 42.6 Å². The number of aliphatic hydroxyl groups excluding tert-OH is 1. The largest absolute Gasteiger partial charge is 0.492 e. The summed E-state index contributed by atoms with van der Waals surface area (Å²) in [5.41, 5.74) is 2.61. The van der Waals surface area contributed by atoms with Gasteiger partial charge in [0.15, 0.2) is 18.3 Å². The van der Waals surface area contributed by atoms with Gasteiger partial charge < -0.3 is 33.5 Å². The van der Waals surface area contributed by atoms with E-state index < -0.39 is 0 Å². The van der Waals surface area contributed by atoms with Crippen molar-refractivity contribution in [2.45, 2.75) is 20.3 Å². The molecule has 0 fully saturated rings. The van der Waals surface area contributed by atoms with E-state index in [0.717, 1.165) is 16.7 Å². The number of benzene rings is 1. The first kappa shape index (κ1) is 22.1. The van der Waals surface area contributed by atoms with E-state index in [1.165, 1.54) is 0 Å². The van der Waals surface area contributed by atoms with Crippen LogP contribution in [0.25, 0.3) is 0 Å². The SMILES string of the molecule is COCCOCOc1c(C/C=C(\C)CO)c(C)c(OC)c(OC)c1OC. The molecule has 0 atom stereocenters. The molecule has 0 unspecified atom stereocenters. The molecule has 0 amide bonds. The van der Waals surface area contributed by atoms with Crippen LogP contribution in [0.15, 0.2) is 11.6 Å². The van der Waals surface area contributed by atoms with Gasteiger partial charge in [-0.2, -0.15) is 0 Å². The molecule has 26 heavy (non-hydrogen) atoms. The summed E-state index contributed by atoms with van der Waals surface area (Å²) in [5.74, 6) is 2.02. The van der Waals surface area contributed by atoms with Gasteiger partial charge in [0.1, 0.15) is 0 Å². The van der Waals surface area contributed by atoms with Crippen molar-refractivity contribution >= 4 is 0 Å². The second-order valence-electron chi connectivity index (χ2n) is 5.61. The molecule has 148 valence electrons. The Bertz CT molecular complexity index is 596. The predicted molar refractivity (Wildman–Crippen MR) is 98.7 cm³/mol. The molecule has 7 nitrogen and oxygen atoms in total. The van der Waals surface area contributed by atoms with E-state index in [1.54, 1.807) is 28.4 Å². The van der Waals surface area contributed by atoms with Gasteiger partial charge >= 0.3 is 0 Å². The summed E-state index contributed by atoms with van der Waals surface area (Å²) in [6, 6.07) is 0. The van der Waals surface area contributed by atoms with Crippen molar-refractivity contribution in [3.05, 3.63) is 22.8 Å². The average Bonchev–Trinajstić information content (AvgIpc) is 2.66. The van der Waals surface area contributed by atoms with Crippen LogP contribution in [0.2, 0.25) is 0 Å². The van der Waals surface area contributed by atoms with Crippen molar-refractivity contribution in [1.29, 1.82) is 0 Å². The number of hydrogen-bond donors (Lipinski definition) is 1. The molecule has 1 N–H and O–H groups in total. The first-order valence-electron chi connectivity index (χ1n) is 8.32. The minimum Gasteiger partial charge on any atom is -0.492 e. The Labute approximate surface area is 155 Å². The van der Waals surface area contributed by atoms with Crippen LogP contribution in [-0.2, 0) is 15.9 Å². The van der Waals surface area contributed by atoms with Crippen LogP contribution >= 0.6 is 0 Å². The Balaban J connectivity index is 3.32. The second kappa shape index (κ2) is 11.6. The van der Waals surface area contributed by atoms with Gasteiger partial charge in [0, 0.05) is 18.2 Å². The summed E-state index contributed by atoms with van der Waals surface area (Å²) in [6.45, 7) is 4.74. The third-order valence-electron chi connectivity index (χ3n) is 3.92. The fourth-order valence-electron chi connectivity index (χ4n) is 2.48. The minimum atomic E-state index is -0.000207. The molecule has 0 saturated heterocycles. The molecule has 7 heteroatoms. The van der Waals surface area contributed by atoms with Crippen molar-refractivity contribution in [3.8, 4) is 23.0 Å². The van der Waals surface area contributed by atoms with Gasteiger partial charge in [-0.15, -0.1) is 0 Å². The normalized spacial score (nSPS) is 11.4. The van der Waals surface area contributed by atoms with E-state index >= 15 is 0 Å². The van der Waals surface area contributed by atoms with Crippen molar-refractivity contribution in [2.75, 3.05) is 55.1 Å². The Hall–Kier alpha value is -1.96. The zero-order valence-corrected chi connectivity index (χ0v) is 16.5. The lowest BCUT2D eigenvalue weighted by atomic mass is 10.00. The molecule has 1 aromatic rings. The zero-order valence-electron chi connectivity index (χ0n) is 16.5. The van der Waals surface area contributed by atoms with E-state index in [9.17, 15) is 5.11 Å². The smallest absolute Gasteiger partial charge is 0.207 e. The number of ether oxygens (including phenoxy) is 6. The molecule has 0 bridgehead atoms. The maximum atomic E-state index is 9.26.